The molecule has 0 aliphatic rings. The molecule has 2 rings (SSSR count). The van der Waals surface area contributed by atoms with Crippen molar-refractivity contribution in [3.63, 3.8) is 0 Å². The molecule has 0 unspecified atom stereocenters. The van der Waals surface area contributed by atoms with Gasteiger partial charge in [-0.2, -0.15) is 4.73 Å². The number of nitrogens with zero attached hydrogens (tertiary/aromatic N) is 3. The van der Waals surface area contributed by atoms with E-state index in [9.17, 15) is 4.79 Å². The third-order valence-corrected chi connectivity index (χ3v) is 1.32. The van der Waals surface area contributed by atoms with Crippen LogP contribution in [0.4, 0.5) is 0 Å². The van der Waals surface area contributed by atoms with Crippen molar-refractivity contribution in [3.05, 3.63) is 36.7 Å². The van der Waals surface area contributed by atoms with Crippen LogP contribution in [0.5, 0.6) is 0 Å². The number of hydrogen-bond acceptors (Lipinski definition) is 5. The highest BCUT2D eigenvalue weighted by molar-refractivity contribution is 5.87. The Morgan fingerprint density at radius 2 is 2.54 bits per heavy atom. The van der Waals surface area contributed by atoms with Gasteiger partial charge in [-0.25, -0.2) is 9.78 Å². The Morgan fingerprint density at radius 3 is 3.15 bits per heavy atom. The van der Waals surface area contributed by atoms with E-state index < -0.39 is 5.97 Å². The molecule has 2 aromatic rings. The van der Waals surface area contributed by atoms with E-state index in [1.807, 2.05) is 0 Å². The summed E-state index contributed by atoms with van der Waals surface area (Å²) in [6.07, 6.45) is 5.65. The summed E-state index contributed by atoms with van der Waals surface area (Å²) >= 11 is 0. The largest absolute Gasteiger partial charge is 0.385 e. The third-order valence-electron chi connectivity index (χ3n) is 1.32. The molecule has 6 nitrogen and oxygen atoms in total. The molecule has 66 valence electrons. The molecule has 0 saturated carbocycles. The van der Waals surface area contributed by atoms with Gasteiger partial charge in [0.25, 0.3) is 0 Å². The van der Waals surface area contributed by atoms with Crippen molar-refractivity contribution in [3.8, 4) is 0 Å². The van der Waals surface area contributed by atoms with Crippen LogP contribution in [0.3, 0.4) is 0 Å². The van der Waals surface area contributed by atoms with Gasteiger partial charge in [0.15, 0.2) is 5.69 Å². The molecule has 0 atom stereocenters. The zero-order valence-electron chi connectivity index (χ0n) is 6.45. The van der Waals surface area contributed by atoms with Crippen molar-refractivity contribution < 1.29 is 14.2 Å². The van der Waals surface area contributed by atoms with Crippen molar-refractivity contribution in [2.24, 2.45) is 0 Å². The molecule has 0 bridgehead atoms. The lowest BCUT2D eigenvalue weighted by atomic mass is 10.5. The molecule has 13 heavy (non-hydrogen) atoms. The summed E-state index contributed by atoms with van der Waals surface area (Å²) in [6.45, 7) is 0. The van der Waals surface area contributed by atoms with Crippen LogP contribution in [-0.4, -0.2) is 20.8 Å². The van der Waals surface area contributed by atoms with Gasteiger partial charge in [0, 0.05) is 12.3 Å². The first-order valence-electron chi connectivity index (χ1n) is 3.47. The van der Waals surface area contributed by atoms with Gasteiger partial charge >= 0.3 is 5.97 Å². The van der Waals surface area contributed by atoms with Crippen molar-refractivity contribution >= 4 is 5.97 Å². The molecule has 0 amide bonds. The summed E-state index contributed by atoms with van der Waals surface area (Å²) in [4.78, 5) is 19.7. The van der Waals surface area contributed by atoms with Gasteiger partial charge in [-0.3, -0.25) is 0 Å². The van der Waals surface area contributed by atoms with E-state index in [1.165, 1.54) is 35.8 Å². The lowest BCUT2D eigenvalue weighted by molar-refractivity contribution is 0.0449. The topological polar surface area (TPSA) is 70.2 Å². The lowest BCUT2D eigenvalue weighted by Gasteiger charge is -1.98. The zero-order valence-corrected chi connectivity index (χ0v) is 6.45. The van der Waals surface area contributed by atoms with Crippen LogP contribution < -0.4 is 4.84 Å². The summed E-state index contributed by atoms with van der Waals surface area (Å²) in [6, 6.07) is 1.42. The second kappa shape index (κ2) is 3.10. The first kappa shape index (κ1) is 7.53. The van der Waals surface area contributed by atoms with Crippen LogP contribution in [0.2, 0.25) is 0 Å². The van der Waals surface area contributed by atoms with Crippen LogP contribution in [0.1, 0.15) is 10.5 Å². The lowest BCUT2D eigenvalue weighted by Crippen LogP contribution is -2.18. The second-order valence-electron chi connectivity index (χ2n) is 2.19. The van der Waals surface area contributed by atoms with Crippen molar-refractivity contribution in [2.75, 3.05) is 0 Å². The average molecular weight is 179 g/mol. The Labute approximate surface area is 72.7 Å². The van der Waals surface area contributed by atoms with Crippen LogP contribution in [0, 0.1) is 0 Å². The molecule has 0 N–H and O–H groups in total. The van der Waals surface area contributed by atoms with Gasteiger partial charge in [-0.15, -0.1) is 0 Å². The second-order valence-corrected chi connectivity index (χ2v) is 2.19. The maximum atomic E-state index is 11.2. The fourth-order valence-corrected chi connectivity index (χ4v) is 0.761. The van der Waals surface area contributed by atoms with Gasteiger partial charge in [0.05, 0.1) is 6.20 Å². The molecule has 0 radical (unpaired) electrons. The monoisotopic (exact) mass is 179 g/mol. The summed E-state index contributed by atoms with van der Waals surface area (Å²) < 4.78 is 5.66. The molecule has 2 heterocycles. The number of carbonyl (C=O) groups excluding carboxylic acids is 1. The smallest absolute Gasteiger partial charge is 0.364 e. The van der Waals surface area contributed by atoms with Crippen LogP contribution in [0.15, 0.2) is 35.6 Å². The zero-order chi connectivity index (χ0) is 9.10. The molecule has 0 spiro atoms. The van der Waals surface area contributed by atoms with Crippen molar-refractivity contribution in [2.45, 2.75) is 0 Å². The standard InChI is InChI=1S/C7H5N3O3/c11-7(6-1-4-12-9-6)13-10-3-2-8-5-10/h1-5H. The molecular weight excluding hydrogens is 174 g/mol. The highest BCUT2D eigenvalue weighted by atomic mass is 16.7. The van der Waals surface area contributed by atoms with E-state index in [0.717, 1.165) is 0 Å². The highest BCUT2D eigenvalue weighted by Gasteiger charge is 2.10. The average Bonchev–Trinajstić information content (AvgIpc) is 2.74. The first-order valence-corrected chi connectivity index (χ1v) is 3.47. The van der Waals surface area contributed by atoms with E-state index in [1.54, 1.807) is 0 Å². The van der Waals surface area contributed by atoms with Crippen molar-refractivity contribution in [1.82, 2.24) is 14.9 Å². The summed E-state index contributed by atoms with van der Waals surface area (Å²) in [5.41, 5.74) is 0.119. The highest BCUT2D eigenvalue weighted by Crippen LogP contribution is 1.95. The van der Waals surface area contributed by atoms with E-state index in [-0.39, 0.29) is 5.69 Å². The fraction of sp³-hybridized carbons (Fsp3) is 0. The number of aromatic nitrogens is 3. The van der Waals surface area contributed by atoms with E-state index >= 15 is 0 Å². The fourth-order valence-electron chi connectivity index (χ4n) is 0.761. The first-order chi connectivity index (χ1) is 6.36. The molecule has 2 aromatic heterocycles. The normalized spacial score (nSPS) is 9.85. The predicted molar refractivity (Wildman–Crippen MR) is 39.6 cm³/mol. The number of hydrogen-bond donors (Lipinski definition) is 0. The maximum Gasteiger partial charge on any atom is 0.385 e. The Bertz CT molecular complexity index is 379. The number of carbonyl (C=O) groups is 1. The van der Waals surface area contributed by atoms with Gasteiger partial charge < -0.3 is 9.36 Å². The molecule has 6 heteroatoms. The van der Waals surface area contributed by atoms with Crippen LogP contribution >= 0.6 is 0 Å². The predicted octanol–water partition coefficient (Wildman–Crippen LogP) is 0.140. The SMILES string of the molecule is O=C(On1ccnc1)c1ccon1. The Kier molecular flexibility index (Phi) is 1.79. The third kappa shape index (κ3) is 1.56. The van der Waals surface area contributed by atoms with Crippen LogP contribution in [-0.2, 0) is 0 Å². The summed E-state index contributed by atoms with van der Waals surface area (Å²) in [5, 5.41) is 3.41. The van der Waals surface area contributed by atoms with E-state index in [0.29, 0.717) is 0 Å². The number of imidazole rings is 1. The number of rotatable bonds is 2. The molecule has 0 aromatic carbocycles. The molecular formula is C7H5N3O3. The summed E-state index contributed by atoms with van der Waals surface area (Å²) in [7, 11) is 0. The Morgan fingerprint density at radius 1 is 1.62 bits per heavy atom. The molecule has 0 aliphatic carbocycles. The van der Waals surface area contributed by atoms with Gasteiger partial charge in [-0.05, 0) is 0 Å². The van der Waals surface area contributed by atoms with Gasteiger partial charge in [-0.1, -0.05) is 5.16 Å². The van der Waals surface area contributed by atoms with E-state index in [2.05, 4.69) is 14.7 Å². The maximum absolute atomic E-state index is 11.2. The molecule has 0 saturated heterocycles. The van der Waals surface area contributed by atoms with Gasteiger partial charge in [0.2, 0.25) is 0 Å². The van der Waals surface area contributed by atoms with E-state index in [4.69, 9.17) is 4.84 Å². The Balaban J connectivity index is 2.08. The van der Waals surface area contributed by atoms with Crippen LogP contribution in [0.25, 0.3) is 0 Å². The minimum absolute atomic E-state index is 0.119. The minimum atomic E-state index is -0.591. The van der Waals surface area contributed by atoms with Gasteiger partial charge in [0.1, 0.15) is 12.6 Å². The molecule has 0 fully saturated rings. The minimum Gasteiger partial charge on any atom is -0.364 e. The molecule has 0 aliphatic heterocycles. The Hall–Kier alpha value is -2.11. The quantitative estimate of drug-likeness (QED) is 0.655. The summed E-state index contributed by atoms with van der Waals surface area (Å²) in [5.74, 6) is -0.591. The van der Waals surface area contributed by atoms with Crippen molar-refractivity contribution in [1.29, 1.82) is 0 Å².